The molecule has 112 valence electrons. The fourth-order valence-corrected chi connectivity index (χ4v) is 3.31. The second kappa shape index (κ2) is 8.57. The lowest BCUT2D eigenvalue weighted by Gasteiger charge is -2.36. The Hall–Kier alpha value is -0.570. The molecule has 0 aromatic carbocycles. The molecule has 3 nitrogen and oxygen atoms in total. The Morgan fingerprint density at radius 2 is 1.68 bits per heavy atom. The minimum Gasteiger partial charge on any atom is -0.343 e. The predicted octanol–water partition coefficient (Wildman–Crippen LogP) is 3.19. The highest BCUT2D eigenvalue weighted by molar-refractivity contribution is 5.78. The normalized spacial score (nSPS) is 23.6. The molecule has 1 aliphatic carbocycles. The maximum atomic E-state index is 12.6. The van der Waals surface area contributed by atoms with Crippen molar-refractivity contribution < 1.29 is 4.79 Å². The van der Waals surface area contributed by atoms with Gasteiger partial charge in [-0.25, -0.2) is 0 Å². The maximum Gasteiger partial charge on any atom is 0.225 e. The van der Waals surface area contributed by atoms with Gasteiger partial charge in [-0.05, 0) is 45.6 Å². The number of rotatable bonds is 7. The van der Waals surface area contributed by atoms with Crippen LogP contribution >= 0.6 is 0 Å². The molecular formula is C16H32N2O. The van der Waals surface area contributed by atoms with E-state index in [0.717, 1.165) is 38.5 Å². The molecule has 3 heteroatoms. The summed E-state index contributed by atoms with van der Waals surface area (Å²) in [4.78, 5) is 14.6. The van der Waals surface area contributed by atoms with E-state index in [1.165, 1.54) is 12.8 Å². The number of carbonyl (C=O) groups is 1. The van der Waals surface area contributed by atoms with Crippen molar-refractivity contribution in [2.24, 2.45) is 5.92 Å². The monoisotopic (exact) mass is 268 g/mol. The van der Waals surface area contributed by atoms with Gasteiger partial charge in [0.15, 0.2) is 0 Å². The zero-order chi connectivity index (χ0) is 14.3. The van der Waals surface area contributed by atoms with Crippen LogP contribution in [-0.2, 0) is 4.79 Å². The van der Waals surface area contributed by atoms with Crippen LogP contribution in [-0.4, -0.2) is 37.0 Å². The van der Waals surface area contributed by atoms with Crippen LogP contribution in [0.15, 0.2) is 0 Å². The van der Waals surface area contributed by atoms with Crippen molar-refractivity contribution in [1.29, 1.82) is 0 Å². The highest BCUT2D eigenvalue weighted by atomic mass is 16.2. The Labute approximate surface area is 119 Å². The minimum absolute atomic E-state index is 0.252. The molecule has 0 aliphatic heterocycles. The number of nitrogens with one attached hydrogen (secondary N) is 1. The van der Waals surface area contributed by atoms with E-state index in [-0.39, 0.29) is 5.92 Å². The summed E-state index contributed by atoms with van der Waals surface area (Å²) in [5, 5.41) is 3.35. The summed E-state index contributed by atoms with van der Waals surface area (Å²) in [6.07, 6.45) is 9.01. The summed E-state index contributed by atoms with van der Waals surface area (Å²) >= 11 is 0. The molecule has 0 aromatic heterocycles. The molecule has 1 rings (SSSR count). The van der Waals surface area contributed by atoms with Crippen molar-refractivity contribution in [2.45, 2.75) is 77.3 Å². The van der Waals surface area contributed by atoms with Gasteiger partial charge in [-0.3, -0.25) is 4.79 Å². The molecular weight excluding hydrogens is 236 g/mol. The van der Waals surface area contributed by atoms with E-state index in [1.54, 1.807) is 0 Å². The summed E-state index contributed by atoms with van der Waals surface area (Å²) in [5.74, 6) is 0.638. The van der Waals surface area contributed by atoms with Crippen LogP contribution in [0.3, 0.4) is 0 Å². The van der Waals surface area contributed by atoms with Gasteiger partial charge in [0.2, 0.25) is 5.91 Å². The van der Waals surface area contributed by atoms with Gasteiger partial charge in [0, 0.05) is 25.0 Å². The molecule has 0 heterocycles. The van der Waals surface area contributed by atoms with Crippen molar-refractivity contribution in [3.8, 4) is 0 Å². The third-order valence-corrected chi connectivity index (χ3v) is 4.62. The van der Waals surface area contributed by atoms with Crippen LogP contribution in [0.5, 0.6) is 0 Å². The first kappa shape index (κ1) is 16.5. The fraction of sp³-hybridized carbons (Fsp3) is 0.938. The van der Waals surface area contributed by atoms with Gasteiger partial charge in [-0.15, -0.1) is 0 Å². The first-order chi connectivity index (χ1) is 9.13. The van der Waals surface area contributed by atoms with Gasteiger partial charge >= 0.3 is 0 Å². The Bertz CT molecular complexity index is 253. The predicted molar refractivity (Wildman–Crippen MR) is 81.2 cm³/mol. The van der Waals surface area contributed by atoms with E-state index in [1.807, 2.05) is 14.1 Å². The first-order valence-electron chi connectivity index (χ1n) is 8.07. The summed E-state index contributed by atoms with van der Waals surface area (Å²) in [7, 11) is 4.06. The highest BCUT2D eigenvalue weighted by Crippen LogP contribution is 2.25. The molecule has 0 unspecified atom stereocenters. The van der Waals surface area contributed by atoms with Crippen LogP contribution in [0.1, 0.15) is 65.2 Å². The number of hydrogen-bond acceptors (Lipinski definition) is 2. The van der Waals surface area contributed by atoms with E-state index < -0.39 is 0 Å². The number of carbonyl (C=O) groups excluding carboxylic acids is 1. The minimum atomic E-state index is 0.252. The summed E-state index contributed by atoms with van der Waals surface area (Å²) in [6.45, 7) is 4.35. The second-order valence-electron chi connectivity index (χ2n) is 6.02. The van der Waals surface area contributed by atoms with E-state index >= 15 is 0 Å². The Morgan fingerprint density at radius 3 is 2.11 bits per heavy atom. The molecule has 1 amide bonds. The standard InChI is InChI=1S/C16H32N2O/c1-5-7-13(8-6-2)16(19)18(4)15-11-9-14(17-3)10-12-15/h13-15,17H,5-12H2,1-4H3. The fourth-order valence-electron chi connectivity index (χ4n) is 3.31. The van der Waals surface area contributed by atoms with Crippen LogP contribution < -0.4 is 5.32 Å². The number of amides is 1. The quantitative estimate of drug-likeness (QED) is 0.769. The smallest absolute Gasteiger partial charge is 0.225 e. The van der Waals surface area contributed by atoms with Gasteiger partial charge in [0.1, 0.15) is 0 Å². The maximum absolute atomic E-state index is 12.6. The highest BCUT2D eigenvalue weighted by Gasteiger charge is 2.29. The molecule has 1 aliphatic rings. The Balaban J connectivity index is 2.50. The Morgan fingerprint density at radius 1 is 1.16 bits per heavy atom. The van der Waals surface area contributed by atoms with E-state index in [0.29, 0.717) is 18.0 Å². The summed E-state index contributed by atoms with van der Waals surface area (Å²) < 4.78 is 0. The van der Waals surface area contributed by atoms with E-state index in [4.69, 9.17) is 0 Å². The summed E-state index contributed by atoms with van der Waals surface area (Å²) in [5.41, 5.74) is 0. The van der Waals surface area contributed by atoms with Gasteiger partial charge < -0.3 is 10.2 Å². The summed E-state index contributed by atoms with van der Waals surface area (Å²) in [6, 6.07) is 1.12. The van der Waals surface area contributed by atoms with Crippen molar-refractivity contribution >= 4 is 5.91 Å². The third kappa shape index (κ3) is 4.79. The average Bonchev–Trinajstić information content (AvgIpc) is 2.45. The molecule has 0 radical (unpaired) electrons. The molecule has 0 atom stereocenters. The van der Waals surface area contributed by atoms with Crippen molar-refractivity contribution in [3.05, 3.63) is 0 Å². The van der Waals surface area contributed by atoms with E-state index in [9.17, 15) is 4.79 Å². The average molecular weight is 268 g/mol. The molecule has 0 spiro atoms. The lowest BCUT2D eigenvalue weighted by atomic mass is 9.89. The molecule has 1 fully saturated rings. The Kier molecular flexibility index (Phi) is 7.44. The third-order valence-electron chi connectivity index (χ3n) is 4.62. The van der Waals surface area contributed by atoms with Crippen molar-refractivity contribution in [3.63, 3.8) is 0 Å². The molecule has 0 saturated heterocycles. The van der Waals surface area contributed by atoms with E-state index in [2.05, 4.69) is 24.1 Å². The van der Waals surface area contributed by atoms with Crippen LogP contribution in [0.25, 0.3) is 0 Å². The number of hydrogen-bond donors (Lipinski definition) is 1. The van der Waals surface area contributed by atoms with Crippen molar-refractivity contribution in [1.82, 2.24) is 10.2 Å². The number of nitrogens with zero attached hydrogens (tertiary/aromatic N) is 1. The lowest BCUT2D eigenvalue weighted by molar-refractivity contribution is -0.137. The SMILES string of the molecule is CCCC(CCC)C(=O)N(C)C1CCC(NC)CC1. The van der Waals surface area contributed by atoms with Crippen LogP contribution in [0, 0.1) is 5.92 Å². The van der Waals surface area contributed by atoms with Gasteiger partial charge in [0.25, 0.3) is 0 Å². The zero-order valence-electron chi connectivity index (χ0n) is 13.2. The lowest BCUT2D eigenvalue weighted by Crippen LogP contribution is -2.44. The molecule has 19 heavy (non-hydrogen) atoms. The second-order valence-corrected chi connectivity index (χ2v) is 6.02. The topological polar surface area (TPSA) is 32.3 Å². The molecule has 0 aromatic rings. The molecule has 0 bridgehead atoms. The zero-order valence-corrected chi connectivity index (χ0v) is 13.2. The van der Waals surface area contributed by atoms with Crippen molar-refractivity contribution in [2.75, 3.05) is 14.1 Å². The van der Waals surface area contributed by atoms with Crippen LogP contribution in [0.2, 0.25) is 0 Å². The molecule has 1 saturated carbocycles. The van der Waals surface area contributed by atoms with Gasteiger partial charge in [-0.1, -0.05) is 26.7 Å². The van der Waals surface area contributed by atoms with Crippen LogP contribution in [0.4, 0.5) is 0 Å². The largest absolute Gasteiger partial charge is 0.343 e. The van der Waals surface area contributed by atoms with Gasteiger partial charge in [-0.2, -0.15) is 0 Å². The van der Waals surface area contributed by atoms with Gasteiger partial charge in [0.05, 0.1) is 0 Å². The molecule has 1 N–H and O–H groups in total. The first-order valence-corrected chi connectivity index (χ1v) is 8.07.